The molecule has 1 aromatic heterocycles. The van der Waals surface area contributed by atoms with Gasteiger partial charge >= 0.3 is 0 Å². The second-order valence-electron chi connectivity index (χ2n) is 6.18. The number of nitro benzene ring substituents is 1. The lowest BCUT2D eigenvalue weighted by atomic mass is 10.0. The van der Waals surface area contributed by atoms with Gasteiger partial charge in [-0.2, -0.15) is 0 Å². The van der Waals surface area contributed by atoms with E-state index in [1.807, 2.05) is 24.3 Å². The molecule has 1 heterocycles. The van der Waals surface area contributed by atoms with E-state index >= 15 is 0 Å². The van der Waals surface area contributed by atoms with Crippen LogP contribution in [0, 0.1) is 10.1 Å². The second-order valence-corrected chi connectivity index (χ2v) is 7.12. The number of hydrogen-bond acceptors (Lipinski definition) is 6. The molecule has 6 nitrogen and oxygen atoms in total. The molecule has 0 N–H and O–H groups in total. The Labute approximate surface area is 158 Å². The summed E-state index contributed by atoms with van der Waals surface area (Å²) in [6.45, 7) is 0. The van der Waals surface area contributed by atoms with Crippen molar-refractivity contribution in [2.24, 2.45) is 0 Å². The van der Waals surface area contributed by atoms with Crippen LogP contribution in [0.25, 0.3) is 33.3 Å². The number of thioether (sulfide) groups is 1. The Bertz CT molecular complexity index is 1220. The minimum absolute atomic E-state index is 0.108. The van der Waals surface area contributed by atoms with Crippen LogP contribution < -0.4 is 0 Å². The standard InChI is InChI=1S/C20H12N4O2S/c25-24(26)16-10-2-1-5-13(16)11-27-20-21-18-14-8-3-6-12-7-4-9-15(17(12)14)19(18)22-23-20/h1-10H,11H2. The van der Waals surface area contributed by atoms with E-state index in [-0.39, 0.29) is 10.6 Å². The summed E-state index contributed by atoms with van der Waals surface area (Å²) in [4.78, 5) is 15.5. The van der Waals surface area contributed by atoms with Crippen molar-refractivity contribution in [3.05, 3.63) is 76.3 Å². The average Bonchev–Trinajstić information content (AvgIpc) is 3.02. The van der Waals surface area contributed by atoms with Crippen LogP contribution in [0.5, 0.6) is 0 Å². The molecule has 7 heteroatoms. The van der Waals surface area contributed by atoms with Gasteiger partial charge in [0.2, 0.25) is 5.16 Å². The Morgan fingerprint density at radius 1 is 0.889 bits per heavy atom. The molecule has 0 saturated carbocycles. The van der Waals surface area contributed by atoms with Gasteiger partial charge in [0.25, 0.3) is 5.69 Å². The minimum Gasteiger partial charge on any atom is -0.258 e. The molecule has 4 aromatic rings. The topological polar surface area (TPSA) is 81.8 Å². The zero-order valence-corrected chi connectivity index (χ0v) is 14.8. The van der Waals surface area contributed by atoms with Crippen LogP contribution in [-0.4, -0.2) is 20.1 Å². The summed E-state index contributed by atoms with van der Waals surface area (Å²) >= 11 is 1.35. The highest BCUT2D eigenvalue weighted by Crippen LogP contribution is 2.45. The highest BCUT2D eigenvalue weighted by atomic mass is 32.2. The number of fused-ring (bicyclic) bond motifs is 3. The van der Waals surface area contributed by atoms with Crippen LogP contribution >= 0.6 is 11.8 Å². The summed E-state index contributed by atoms with van der Waals surface area (Å²) in [5.74, 6) is 0.411. The van der Waals surface area contributed by atoms with Crippen LogP contribution in [0.3, 0.4) is 0 Å². The van der Waals surface area contributed by atoms with E-state index in [0.717, 1.165) is 33.3 Å². The molecular formula is C20H12N4O2S. The molecule has 0 aliphatic heterocycles. The van der Waals surface area contributed by atoms with Crippen LogP contribution in [0.2, 0.25) is 0 Å². The summed E-state index contributed by atoms with van der Waals surface area (Å²) in [5, 5.41) is 22.6. The van der Waals surface area contributed by atoms with Crippen molar-refractivity contribution in [2.75, 3.05) is 0 Å². The first-order valence-electron chi connectivity index (χ1n) is 8.34. The lowest BCUT2D eigenvalue weighted by Gasteiger charge is -2.04. The maximum atomic E-state index is 11.2. The first-order valence-corrected chi connectivity index (χ1v) is 9.33. The Morgan fingerprint density at radius 2 is 1.63 bits per heavy atom. The summed E-state index contributed by atoms with van der Waals surface area (Å²) < 4.78 is 0. The molecular weight excluding hydrogens is 360 g/mol. The fourth-order valence-corrected chi connectivity index (χ4v) is 4.21. The predicted octanol–water partition coefficient (Wildman–Crippen LogP) is 4.87. The van der Waals surface area contributed by atoms with Crippen molar-refractivity contribution >= 4 is 28.2 Å². The van der Waals surface area contributed by atoms with Gasteiger partial charge < -0.3 is 0 Å². The fourth-order valence-electron chi connectivity index (χ4n) is 3.43. The summed E-state index contributed by atoms with van der Waals surface area (Å²) in [6, 6.07) is 19.0. The second kappa shape index (κ2) is 6.14. The fraction of sp³-hybridized carbons (Fsp3) is 0.0500. The van der Waals surface area contributed by atoms with E-state index in [0.29, 0.717) is 16.5 Å². The number of para-hydroxylation sites is 1. The summed E-state index contributed by atoms with van der Waals surface area (Å²) in [6.07, 6.45) is 0. The van der Waals surface area contributed by atoms with Gasteiger partial charge in [0.05, 0.1) is 4.92 Å². The molecule has 0 saturated heterocycles. The van der Waals surface area contributed by atoms with Gasteiger partial charge in [0.15, 0.2) is 0 Å². The number of nitro groups is 1. The van der Waals surface area contributed by atoms with Crippen LogP contribution in [0.15, 0.2) is 65.8 Å². The largest absolute Gasteiger partial charge is 0.273 e. The molecule has 1 aliphatic carbocycles. The zero-order valence-electron chi connectivity index (χ0n) is 14.0. The number of hydrogen-bond donors (Lipinski definition) is 0. The first-order chi connectivity index (χ1) is 13.2. The Morgan fingerprint density at radius 3 is 2.41 bits per heavy atom. The van der Waals surface area contributed by atoms with Gasteiger partial charge in [-0.25, -0.2) is 4.98 Å². The molecule has 0 bridgehead atoms. The SMILES string of the molecule is O=[N+]([O-])c1ccccc1CSc1nnc2c(n1)-c1cccc3cccc-2c13. The van der Waals surface area contributed by atoms with E-state index < -0.39 is 0 Å². The van der Waals surface area contributed by atoms with Gasteiger partial charge in [-0.05, 0) is 5.39 Å². The molecule has 0 radical (unpaired) electrons. The highest BCUT2D eigenvalue weighted by Gasteiger charge is 2.25. The van der Waals surface area contributed by atoms with Crippen molar-refractivity contribution in [3.8, 4) is 22.5 Å². The molecule has 0 fully saturated rings. The van der Waals surface area contributed by atoms with Crippen LogP contribution in [-0.2, 0) is 5.75 Å². The predicted molar refractivity (Wildman–Crippen MR) is 104 cm³/mol. The van der Waals surface area contributed by atoms with E-state index in [9.17, 15) is 10.1 Å². The highest BCUT2D eigenvalue weighted by molar-refractivity contribution is 7.98. The van der Waals surface area contributed by atoms with E-state index in [2.05, 4.69) is 22.3 Å². The monoisotopic (exact) mass is 372 g/mol. The normalized spacial score (nSPS) is 11.6. The van der Waals surface area contributed by atoms with Crippen molar-refractivity contribution in [1.29, 1.82) is 0 Å². The minimum atomic E-state index is -0.366. The quantitative estimate of drug-likeness (QED) is 0.254. The lowest BCUT2D eigenvalue weighted by molar-refractivity contribution is -0.385. The van der Waals surface area contributed by atoms with Gasteiger partial charge in [0.1, 0.15) is 11.4 Å². The third-order valence-corrected chi connectivity index (χ3v) is 5.51. The van der Waals surface area contributed by atoms with Crippen molar-refractivity contribution in [2.45, 2.75) is 10.9 Å². The molecule has 5 rings (SSSR count). The van der Waals surface area contributed by atoms with Crippen molar-refractivity contribution in [1.82, 2.24) is 15.2 Å². The molecule has 0 unspecified atom stereocenters. The molecule has 1 aliphatic rings. The van der Waals surface area contributed by atoms with Gasteiger partial charge in [-0.1, -0.05) is 66.4 Å². The van der Waals surface area contributed by atoms with E-state index in [4.69, 9.17) is 4.98 Å². The van der Waals surface area contributed by atoms with Gasteiger partial charge in [-0.15, -0.1) is 10.2 Å². The third-order valence-electron chi connectivity index (χ3n) is 4.63. The maximum Gasteiger partial charge on any atom is 0.273 e. The van der Waals surface area contributed by atoms with Crippen molar-refractivity contribution in [3.63, 3.8) is 0 Å². The first kappa shape index (κ1) is 15.9. The number of benzene rings is 3. The molecule has 0 amide bonds. The molecule has 0 atom stereocenters. The zero-order chi connectivity index (χ0) is 18.4. The Hall–Kier alpha value is -3.32. The molecule has 130 valence electrons. The molecule has 27 heavy (non-hydrogen) atoms. The lowest BCUT2D eigenvalue weighted by Crippen LogP contribution is -1.97. The maximum absolute atomic E-state index is 11.2. The summed E-state index contributed by atoms with van der Waals surface area (Å²) in [7, 11) is 0. The number of rotatable bonds is 4. The van der Waals surface area contributed by atoms with Gasteiger partial charge in [0, 0.05) is 33.9 Å². The number of aromatic nitrogens is 3. The van der Waals surface area contributed by atoms with E-state index in [1.165, 1.54) is 17.8 Å². The molecule has 3 aromatic carbocycles. The summed E-state index contributed by atoms with van der Waals surface area (Å²) in [5.41, 5.74) is 4.46. The van der Waals surface area contributed by atoms with Gasteiger partial charge in [-0.3, -0.25) is 10.1 Å². The van der Waals surface area contributed by atoms with Crippen LogP contribution in [0.4, 0.5) is 5.69 Å². The smallest absolute Gasteiger partial charge is 0.258 e. The number of nitrogens with zero attached hydrogens (tertiary/aromatic N) is 4. The van der Waals surface area contributed by atoms with E-state index in [1.54, 1.807) is 18.2 Å². The average molecular weight is 372 g/mol. The molecule has 0 spiro atoms. The van der Waals surface area contributed by atoms with Crippen LogP contribution in [0.1, 0.15) is 5.56 Å². The van der Waals surface area contributed by atoms with Crippen molar-refractivity contribution < 1.29 is 4.92 Å². The third kappa shape index (κ3) is 2.55. The Balaban J connectivity index is 1.51. The Kier molecular flexibility index (Phi) is 3.61.